The molecule has 1 aliphatic heterocycles. The quantitative estimate of drug-likeness (QED) is 0.669. The van der Waals surface area contributed by atoms with Gasteiger partial charge in [-0.15, -0.1) is 0 Å². The number of ether oxygens (including phenoxy) is 2. The molecule has 2 rings (SSSR count). The molecular formula is C9H9NO3. The predicted molar refractivity (Wildman–Crippen MR) is 45.4 cm³/mol. The van der Waals surface area contributed by atoms with E-state index in [1.165, 1.54) is 0 Å². The minimum atomic E-state index is -0.721. The van der Waals surface area contributed by atoms with Crippen LogP contribution in [0.2, 0.25) is 0 Å². The normalized spacial score (nSPS) is 18.7. The highest BCUT2D eigenvalue weighted by Crippen LogP contribution is 2.33. The Morgan fingerprint density at radius 2 is 2.15 bits per heavy atom. The first-order valence-corrected chi connectivity index (χ1v) is 3.95. The zero-order valence-corrected chi connectivity index (χ0v) is 6.90. The van der Waals surface area contributed by atoms with Crippen LogP contribution in [0.3, 0.4) is 0 Å². The Hall–Kier alpha value is -1.55. The van der Waals surface area contributed by atoms with E-state index in [-0.39, 0.29) is 0 Å². The number of hydrogen-bond donors (Lipinski definition) is 1. The molecule has 0 radical (unpaired) electrons. The summed E-state index contributed by atoms with van der Waals surface area (Å²) < 4.78 is 10.2. The molecule has 1 aromatic rings. The second kappa shape index (κ2) is 3.06. The Balaban J connectivity index is 2.29. The molecular weight excluding hydrogens is 170 g/mol. The fourth-order valence-electron chi connectivity index (χ4n) is 1.24. The molecule has 1 aliphatic rings. The van der Waals surface area contributed by atoms with Gasteiger partial charge in [-0.2, -0.15) is 0 Å². The first-order valence-electron chi connectivity index (χ1n) is 3.95. The van der Waals surface area contributed by atoms with Gasteiger partial charge in [0.1, 0.15) is 6.29 Å². The summed E-state index contributed by atoms with van der Waals surface area (Å²) in [6.45, 7) is 0. The highest BCUT2D eigenvalue weighted by Gasteiger charge is 2.20. The lowest BCUT2D eigenvalue weighted by Gasteiger charge is -1.99. The van der Waals surface area contributed by atoms with E-state index in [1.54, 1.807) is 12.1 Å². The van der Waals surface area contributed by atoms with Gasteiger partial charge in [-0.05, 0) is 17.7 Å². The smallest absolute Gasteiger partial charge is 0.300 e. The number of nitrogens with two attached hydrogens (primary N) is 1. The molecule has 2 N–H and O–H groups in total. The van der Waals surface area contributed by atoms with Crippen molar-refractivity contribution < 1.29 is 14.3 Å². The minimum absolute atomic E-state index is 0.381. The molecule has 1 atom stereocenters. The van der Waals surface area contributed by atoms with Crippen LogP contribution in [-0.2, 0) is 11.2 Å². The number of carbonyl (C=O) groups excluding carboxylic acids is 1. The minimum Gasteiger partial charge on any atom is -0.438 e. The second-order valence-corrected chi connectivity index (χ2v) is 2.76. The highest BCUT2D eigenvalue weighted by atomic mass is 16.7. The van der Waals surface area contributed by atoms with E-state index >= 15 is 0 Å². The topological polar surface area (TPSA) is 61.5 Å². The average molecular weight is 179 g/mol. The fraction of sp³-hybridized carbons (Fsp3) is 0.222. The van der Waals surface area contributed by atoms with Gasteiger partial charge in [0.05, 0.1) is 0 Å². The molecule has 0 fully saturated rings. The molecule has 0 saturated carbocycles. The molecule has 68 valence electrons. The summed E-state index contributed by atoms with van der Waals surface area (Å²) in [6, 6.07) is 5.33. The van der Waals surface area contributed by atoms with Crippen LogP contribution in [0.15, 0.2) is 18.2 Å². The summed E-state index contributed by atoms with van der Waals surface area (Å²) in [7, 11) is 0. The maximum Gasteiger partial charge on any atom is 0.300 e. The summed E-state index contributed by atoms with van der Waals surface area (Å²) in [5.74, 6) is 1.23. The van der Waals surface area contributed by atoms with E-state index in [0.717, 1.165) is 11.8 Å². The molecule has 13 heavy (non-hydrogen) atoms. The van der Waals surface area contributed by atoms with Gasteiger partial charge < -0.3 is 14.3 Å². The Morgan fingerprint density at radius 3 is 2.92 bits per heavy atom. The molecule has 0 amide bonds. The van der Waals surface area contributed by atoms with Crippen LogP contribution in [0.4, 0.5) is 0 Å². The van der Waals surface area contributed by atoms with Crippen LogP contribution in [0.5, 0.6) is 11.5 Å². The Kier molecular flexibility index (Phi) is 1.90. The summed E-state index contributed by atoms with van der Waals surface area (Å²) in [5.41, 5.74) is 6.29. The molecule has 0 bridgehead atoms. The largest absolute Gasteiger partial charge is 0.438 e. The Labute approximate surface area is 75.2 Å². The van der Waals surface area contributed by atoms with Gasteiger partial charge in [0, 0.05) is 6.42 Å². The van der Waals surface area contributed by atoms with Crippen LogP contribution in [0.1, 0.15) is 5.56 Å². The van der Waals surface area contributed by atoms with Gasteiger partial charge in [-0.1, -0.05) is 6.07 Å². The van der Waals surface area contributed by atoms with Gasteiger partial charge >= 0.3 is 0 Å². The third kappa shape index (κ3) is 1.48. The molecule has 1 aromatic carbocycles. The van der Waals surface area contributed by atoms with Crippen molar-refractivity contribution in [2.24, 2.45) is 5.73 Å². The van der Waals surface area contributed by atoms with Crippen LogP contribution in [0, 0.1) is 0 Å². The van der Waals surface area contributed by atoms with Crippen molar-refractivity contribution in [2.45, 2.75) is 12.8 Å². The van der Waals surface area contributed by atoms with Gasteiger partial charge in [-0.3, -0.25) is 5.73 Å². The zero-order valence-electron chi connectivity index (χ0n) is 6.90. The van der Waals surface area contributed by atoms with Crippen molar-refractivity contribution >= 4 is 6.29 Å². The lowest BCUT2D eigenvalue weighted by Crippen LogP contribution is -2.28. The fourth-order valence-corrected chi connectivity index (χ4v) is 1.24. The van der Waals surface area contributed by atoms with Crippen LogP contribution in [-0.4, -0.2) is 12.7 Å². The van der Waals surface area contributed by atoms with Gasteiger partial charge in [-0.25, -0.2) is 0 Å². The van der Waals surface area contributed by atoms with Crippen molar-refractivity contribution in [1.82, 2.24) is 0 Å². The summed E-state index contributed by atoms with van der Waals surface area (Å²) in [5, 5.41) is 0. The lowest BCUT2D eigenvalue weighted by molar-refractivity contribution is -0.107. The summed E-state index contributed by atoms with van der Waals surface area (Å²) >= 11 is 0. The molecule has 4 heteroatoms. The van der Waals surface area contributed by atoms with E-state index in [4.69, 9.17) is 15.2 Å². The number of fused-ring (bicyclic) bond motifs is 1. The van der Waals surface area contributed by atoms with Crippen LogP contribution < -0.4 is 15.2 Å². The maximum absolute atomic E-state index is 10.2. The van der Waals surface area contributed by atoms with Crippen molar-refractivity contribution in [3.63, 3.8) is 0 Å². The van der Waals surface area contributed by atoms with E-state index in [2.05, 4.69) is 0 Å². The molecule has 0 unspecified atom stereocenters. The van der Waals surface area contributed by atoms with Crippen molar-refractivity contribution in [2.75, 3.05) is 0 Å². The van der Waals surface area contributed by atoms with E-state index in [1.807, 2.05) is 6.07 Å². The molecule has 0 saturated heterocycles. The van der Waals surface area contributed by atoms with Gasteiger partial charge in [0.2, 0.25) is 0 Å². The monoisotopic (exact) mass is 179 g/mol. The molecule has 0 aromatic heterocycles. The number of hydrogen-bond acceptors (Lipinski definition) is 4. The summed E-state index contributed by atoms with van der Waals surface area (Å²) in [6.07, 6.45) is 0.505. The number of aldehydes is 1. The average Bonchev–Trinajstić information content (AvgIpc) is 2.44. The highest BCUT2D eigenvalue weighted by molar-refractivity contribution is 5.57. The van der Waals surface area contributed by atoms with E-state index in [9.17, 15) is 4.79 Å². The number of carbonyl (C=O) groups is 1. The van der Waals surface area contributed by atoms with Crippen molar-refractivity contribution in [3.05, 3.63) is 23.8 Å². The zero-order chi connectivity index (χ0) is 9.26. The van der Waals surface area contributed by atoms with E-state index < -0.39 is 6.41 Å². The molecule has 0 spiro atoms. The predicted octanol–water partition coefficient (Wildman–Crippen LogP) is 0.442. The Bertz CT molecular complexity index is 338. The number of benzene rings is 1. The molecule has 0 aliphatic carbocycles. The summed E-state index contributed by atoms with van der Waals surface area (Å²) in [4.78, 5) is 10.2. The lowest BCUT2D eigenvalue weighted by atomic mass is 10.1. The number of rotatable bonds is 2. The van der Waals surface area contributed by atoms with Gasteiger partial charge in [0.15, 0.2) is 11.5 Å². The van der Waals surface area contributed by atoms with Crippen LogP contribution in [0.25, 0.3) is 0 Å². The molecule has 1 heterocycles. The first-order chi connectivity index (χ1) is 6.29. The van der Waals surface area contributed by atoms with Gasteiger partial charge in [0.25, 0.3) is 6.41 Å². The third-order valence-corrected chi connectivity index (χ3v) is 1.81. The second-order valence-electron chi connectivity index (χ2n) is 2.76. The standard InChI is InChI=1S/C9H9NO3/c10-9-12-7-2-1-6(3-4-11)5-8(7)13-9/h1-2,4-5,9H,3,10H2/t9-/m1/s1. The molecule has 4 nitrogen and oxygen atoms in total. The van der Waals surface area contributed by atoms with E-state index in [0.29, 0.717) is 17.9 Å². The maximum atomic E-state index is 10.2. The SMILES string of the molecule is N[C@@H]1Oc2ccc(CC=O)cc2O1. The van der Waals surface area contributed by atoms with Crippen LogP contribution >= 0.6 is 0 Å². The van der Waals surface area contributed by atoms with Crippen molar-refractivity contribution in [3.8, 4) is 11.5 Å². The Morgan fingerprint density at radius 1 is 1.38 bits per heavy atom. The van der Waals surface area contributed by atoms with Crippen molar-refractivity contribution in [1.29, 1.82) is 0 Å². The third-order valence-electron chi connectivity index (χ3n) is 1.81. The first kappa shape index (κ1) is 8.07.